The minimum atomic E-state index is -1.17. The molecule has 0 aliphatic heterocycles. The molecular weight excluding hydrogens is 278 g/mol. The van der Waals surface area contributed by atoms with E-state index >= 15 is 0 Å². The van der Waals surface area contributed by atoms with Crippen molar-refractivity contribution in [1.82, 2.24) is 4.90 Å². The number of nitrogens with zero attached hydrogens (tertiary/aromatic N) is 1. The quantitative estimate of drug-likeness (QED) is 0.933. The molecule has 1 aromatic carbocycles. The number of fused-ring (bicyclic) bond motifs is 2. The molecule has 0 bridgehead atoms. The van der Waals surface area contributed by atoms with Gasteiger partial charge in [-0.2, -0.15) is 0 Å². The van der Waals surface area contributed by atoms with E-state index < -0.39 is 11.5 Å². The van der Waals surface area contributed by atoms with Gasteiger partial charge in [-0.25, -0.2) is 4.79 Å². The Bertz CT molecular complexity index is 637. The molecule has 0 radical (unpaired) electrons. The first-order valence-corrected chi connectivity index (χ1v) is 7.90. The third-order valence-electron chi connectivity index (χ3n) is 5.69. The first-order chi connectivity index (χ1) is 10.3. The molecule has 1 spiro atoms. The highest BCUT2D eigenvalue weighted by atomic mass is 16.4. The lowest BCUT2D eigenvalue weighted by atomic mass is 9.78. The van der Waals surface area contributed by atoms with E-state index in [2.05, 4.69) is 18.2 Å². The van der Waals surface area contributed by atoms with Crippen LogP contribution in [0.3, 0.4) is 0 Å². The molecule has 118 valence electrons. The zero-order valence-corrected chi connectivity index (χ0v) is 13.4. The number of aryl methyl sites for hydroxylation is 1. The third-order valence-corrected chi connectivity index (χ3v) is 5.69. The second kappa shape index (κ2) is 4.83. The monoisotopic (exact) mass is 301 g/mol. The van der Waals surface area contributed by atoms with Gasteiger partial charge in [0.15, 0.2) is 0 Å². The van der Waals surface area contributed by atoms with Crippen LogP contribution in [-0.2, 0) is 21.4 Å². The Labute approximate surface area is 131 Å². The van der Waals surface area contributed by atoms with Gasteiger partial charge in [0.2, 0.25) is 5.91 Å². The fourth-order valence-corrected chi connectivity index (χ4v) is 3.81. The van der Waals surface area contributed by atoms with Crippen molar-refractivity contribution >= 4 is 11.9 Å². The van der Waals surface area contributed by atoms with Crippen LogP contribution < -0.4 is 0 Å². The minimum Gasteiger partial charge on any atom is -0.480 e. The molecule has 2 unspecified atom stereocenters. The number of aliphatic carboxylic acids is 1. The molecule has 4 nitrogen and oxygen atoms in total. The maximum atomic E-state index is 12.8. The van der Waals surface area contributed by atoms with Crippen molar-refractivity contribution in [3.8, 4) is 0 Å². The Morgan fingerprint density at radius 3 is 2.68 bits per heavy atom. The highest BCUT2D eigenvalue weighted by molar-refractivity contribution is 5.90. The Morgan fingerprint density at radius 2 is 2.00 bits per heavy atom. The molecule has 2 aliphatic rings. The largest absolute Gasteiger partial charge is 0.480 e. The summed E-state index contributed by atoms with van der Waals surface area (Å²) < 4.78 is 0. The molecule has 1 N–H and O–H groups in total. The van der Waals surface area contributed by atoms with E-state index in [1.165, 1.54) is 16.0 Å². The van der Waals surface area contributed by atoms with E-state index in [4.69, 9.17) is 0 Å². The summed E-state index contributed by atoms with van der Waals surface area (Å²) in [5, 5.41) is 9.33. The van der Waals surface area contributed by atoms with Gasteiger partial charge in [-0.15, -0.1) is 0 Å². The lowest BCUT2D eigenvalue weighted by molar-refractivity contribution is -0.156. The molecule has 3 rings (SSSR count). The number of carboxylic acid groups (broad SMARTS) is 1. The van der Waals surface area contributed by atoms with E-state index in [0.717, 1.165) is 25.7 Å². The molecule has 0 heterocycles. The lowest BCUT2D eigenvalue weighted by Crippen LogP contribution is -2.51. The SMILES string of the molecule is CN(C(=O)C1CC12CCCc1ccccc12)C(C)(C)C(=O)O. The van der Waals surface area contributed by atoms with Gasteiger partial charge < -0.3 is 10.0 Å². The van der Waals surface area contributed by atoms with E-state index in [-0.39, 0.29) is 17.2 Å². The molecule has 1 fully saturated rings. The van der Waals surface area contributed by atoms with Crippen LogP contribution in [0.1, 0.15) is 44.2 Å². The third kappa shape index (κ3) is 2.04. The number of carbonyl (C=O) groups excluding carboxylic acids is 1. The Balaban J connectivity index is 1.86. The topological polar surface area (TPSA) is 57.6 Å². The number of carboxylic acids is 1. The van der Waals surface area contributed by atoms with Gasteiger partial charge in [0, 0.05) is 18.4 Å². The highest BCUT2D eigenvalue weighted by Crippen LogP contribution is 2.61. The predicted octanol–water partition coefficient (Wildman–Crippen LogP) is 2.60. The molecule has 22 heavy (non-hydrogen) atoms. The molecule has 1 amide bonds. The normalized spacial score (nSPS) is 26.4. The second-order valence-corrected chi connectivity index (χ2v) is 7.18. The number of likely N-dealkylation sites (N-methyl/N-ethyl adjacent to an activating group) is 1. The summed E-state index contributed by atoms with van der Waals surface area (Å²) in [6.45, 7) is 3.16. The van der Waals surface area contributed by atoms with Crippen molar-refractivity contribution in [3.63, 3.8) is 0 Å². The molecule has 1 saturated carbocycles. The molecule has 2 atom stereocenters. The first-order valence-electron chi connectivity index (χ1n) is 7.90. The average Bonchev–Trinajstić information content (AvgIpc) is 3.21. The predicted molar refractivity (Wildman–Crippen MR) is 83.6 cm³/mol. The van der Waals surface area contributed by atoms with Crippen molar-refractivity contribution in [3.05, 3.63) is 35.4 Å². The summed E-state index contributed by atoms with van der Waals surface area (Å²) in [5.41, 5.74) is 1.44. The van der Waals surface area contributed by atoms with E-state index in [1.54, 1.807) is 20.9 Å². The van der Waals surface area contributed by atoms with Crippen LogP contribution in [0.25, 0.3) is 0 Å². The molecule has 1 aromatic rings. The fraction of sp³-hybridized carbons (Fsp3) is 0.556. The maximum absolute atomic E-state index is 12.8. The number of hydrogen-bond acceptors (Lipinski definition) is 2. The maximum Gasteiger partial charge on any atom is 0.329 e. The molecule has 4 heteroatoms. The summed E-state index contributed by atoms with van der Waals surface area (Å²) in [4.78, 5) is 25.6. The standard InChI is InChI=1S/C18H23NO3/c1-17(2,16(21)22)19(3)15(20)14-11-18(14)10-6-8-12-7-4-5-9-13(12)18/h4-5,7,9,14H,6,8,10-11H2,1-3H3,(H,21,22). The number of hydrogen-bond donors (Lipinski definition) is 1. The Kier molecular flexibility index (Phi) is 3.31. The van der Waals surface area contributed by atoms with Gasteiger partial charge in [0.1, 0.15) is 5.54 Å². The minimum absolute atomic E-state index is 0.0379. The van der Waals surface area contributed by atoms with Gasteiger partial charge in [0.05, 0.1) is 0 Å². The second-order valence-electron chi connectivity index (χ2n) is 7.18. The van der Waals surface area contributed by atoms with Crippen LogP contribution in [0.5, 0.6) is 0 Å². The van der Waals surface area contributed by atoms with Crippen molar-refractivity contribution < 1.29 is 14.7 Å². The summed E-state index contributed by atoms with van der Waals surface area (Å²) in [6, 6.07) is 8.39. The molecule has 0 aromatic heterocycles. The van der Waals surface area contributed by atoms with Gasteiger partial charge in [0.25, 0.3) is 0 Å². The van der Waals surface area contributed by atoms with Crippen LogP contribution in [0.15, 0.2) is 24.3 Å². The van der Waals surface area contributed by atoms with E-state index in [1.807, 2.05) is 6.07 Å². The highest BCUT2D eigenvalue weighted by Gasteiger charge is 2.61. The molecule has 0 saturated heterocycles. The molecule has 2 aliphatic carbocycles. The number of benzene rings is 1. The van der Waals surface area contributed by atoms with Gasteiger partial charge in [-0.1, -0.05) is 24.3 Å². The number of amides is 1. The fourth-order valence-electron chi connectivity index (χ4n) is 3.81. The lowest BCUT2D eigenvalue weighted by Gasteiger charge is -2.33. The number of rotatable bonds is 3. The van der Waals surface area contributed by atoms with Crippen molar-refractivity contribution in [2.24, 2.45) is 5.92 Å². The van der Waals surface area contributed by atoms with Crippen LogP contribution >= 0.6 is 0 Å². The zero-order valence-electron chi connectivity index (χ0n) is 13.4. The van der Waals surface area contributed by atoms with Crippen LogP contribution in [0.2, 0.25) is 0 Å². The van der Waals surface area contributed by atoms with Crippen molar-refractivity contribution in [2.45, 2.75) is 50.5 Å². The van der Waals surface area contributed by atoms with Crippen LogP contribution in [0.4, 0.5) is 0 Å². The van der Waals surface area contributed by atoms with Crippen LogP contribution in [-0.4, -0.2) is 34.5 Å². The summed E-state index contributed by atoms with van der Waals surface area (Å²) in [6.07, 6.45) is 4.06. The van der Waals surface area contributed by atoms with E-state index in [0.29, 0.717) is 0 Å². The Morgan fingerprint density at radius 1 is 1.32 bits per heavy atom. The summed E-state index contributed by atoms with van der Waals surface area (Å²) >= 11 is 0. The first kappa shape index (κ1) is 15.1. The van der Waals surface area contributed by atoms with Crippen molar-refractivity contribution in [1.29, 1.82) is 0 Å². The number of carbonyl (C=O) groups is 2. The molecular formula is C18H23NO3. The van der Waals surface area contributed by atoms with Crippen LogP contribution in [0, 0.1) is 5.92 Å². The van der Waals surface area contributed by atoms with E-state index in [9.17, 15) is 14.7 Å². The van der Waals surface area contributed by atoms with Crippen molar-refractivity contribution in [2.75, 3.05) is 7.05 Å². The summed E-state index contributed by atoms with van der Waals surface area (Å²) in [5.74, 6) is -1.08. The summed E-state index contributed by atoms with van der Waals surface area (Å²) in [7, 11) is 1.61. The smallest absolute Gasteiger partial charge is 0.329 e. The zero-order chi connectivity index (χ0) is 16.1. The Hall–Kier alpha value is -1.84. The average molecular weight is 301 g/mol. The van der Waals surface area contributed by atoms with Gasteiger partial charge >= 0.3 is 5.97 Å². The van der Waals surface area contributed by atoms with Gasteiger partial charge in [-0.3, -0.25) is 4.79 Å². The van der Waals surface area contributed by atoms with Gasteiger partial charge in [-0.05, 0) is 50.7 Å².